The van der Waals surface area contributed by atoms with Gasteiger partial charge in [-0.25, -0.2) is 4.98 Å². The van der Waals surface area contributed by atoms with Crippen LogP contribution in [-0.4, -0.2) is 55.4 Å². The Bertz CT molecular complexity index is 1010. The number of hydrogen-bond donors (Lipinski definition) is 1. The fraction of sp³-hybridized carbons (Fsp3) is 0.536. The normalized spacial score (nSPS) is 17.9. The van der Waals surface area contributed by atoms with Crippen molar-refractivity contribution in [2.45, 2.75) is 56.8 Å². The van der Waals surface area contributed by atoms with Crippen LogP contribution >= 0.6 is 11.6 Å². The molecule has 6 nitrogen and oxygen atoms in total. The minimum Gasteiger partial charge on any atom is -0.357 e. The molecule has 1 aromatic heterocycles. The Hall–Kier alpha value is -2.60. The average molecular weight is 497 g/mol. The molecule has 2 amide bonds. The van der Waals surface area contributed by atoms with E-state index in [1.165, 1.54) is 4.90 Å². The molecule has 1 N–H and O–H groups in total. The van der Waals surface area contributed by atoms with Crippen LogP contribution in [0.15, 0.2) is 42.5 Å². The summed E-state index contributed by atoms with van der Waals surface area (Å²) in [6, 6.07) is 14.0. The Kier molecular flexibility index (Phi) is 8.32. The first-order valence-corrected chi connectivity index (χ1v) is 13.3. The van der Waals surface area contributed by atoms with Crippen molar-refractivity contribution in [2.24, 2.45) is 5.92 Å². The maximum atomic E-state index is 13.2. The van der Waals surface area contributed by atoms with Gasteiger partial charge in [0.25, 0.3) is 5.91 Å². The lowest BCUT2D eigenvalue weighted by Gasteiger charge is -2.33. The molecule has 4 rings (SSSR count). The minimum absolute atomic E-state index is 0.137. The highest BCUT2D eigenvalue weighted by Crippen LogP contribution is 2.41. The van der Waals surface area contributed by atoms with Gasteiger partial charge >= 0.3 is 0 Å². The monoisotopic (exact) mass is 496 g/mol. The second kappa shape index (κ2) is 11.4. The van der Waals surface area contributed by atoms with Gasteiger partial charge < -0.3 is 15.1 Å². The zero-order valence-corrected chi connectivity index (χ0v) is 21.7. The van der Waals surface area contributed by atoms with Crippen LogP contribution in [0.3, 0.4) is 0 Å². The molecule has 0 unspecified atom stereocenters. The van der Waals surface area contributed by atoms with E-state index in [-0.39, 0.29) is 22.4 Å². The van der Waals surface area contributed by atoms with Crippen molar-refractivity contribution >= 4 is 29.2 Å². The van der Waals surface area contributed by atoms with Crippen molar-refractivity contribution < 1.29 is 9.59 Å². The van der Waals surface area contributed by atoms with Crippen LogP contribution in [0.2, 0.25) is 5.15 Å². The van der Waals surface area contributed by atoms with E-state index in [0.29, 0.717) is 11.5 Å². The highest BCUT2D eigenvalue weighted by Gasteiger charge is 2.42. The van der Waals surface area contributed by atoms with Gasteiger partial charge in [0.1, 0.15) is 11.0 Å². The average Bonchev–Trinajstić information content (AvgIpc) is 3.38. The number of nitrogens with one attached hydrogen (secondary N) is 1. The number of nitrogens with zero attached hydrogens (tertiary/aromatic N) is 3. The molecule has 35 heavy (non-hydrogen) atoms. The smallest absolute Gasteiger partial charge is 0.256 e. The van der Waals surface area contributed by atoms with Gasteiger partial charge in [0.2, 0.25) is 5.91 Å². The van der Waals surface area contributed by atoms with Gasteiger partial charge in [0, 0.05) is 33.7 Å². The minimum atomic E-state index is -0.340. The molecule has 2 fully saturated rings. The molecule has 2 aromatic rings. The third kappa shape index (κ3) is 5.80. The molecule has 188 valence electrons. The first-order chi connectivity index (χ1) is 16.9. The van der Waals surface area contributed by atoms with Gasteiger partial charge in [-0.1, -0.05) is 54.8 Å². The molecule has 1 saturated carbocycles. The zero-order chi connectivity index (χ0) is 24.8. The molecule has 2 aliphatic rings. The number of halogens is 1. The lowest BCUT2D eigenvalue weighted by Crippen LogP contribution is -2.43. The number of rotatable bonds is 8. The number of hydrogen-bond acceptors (Lipinski definition) is 4. The first-order valence-electron chi connectivity index (χ1n) is 12.9. The SMILES string of the molecule is CN(C)C(=O)c1ccc(N2CCC(CCCNC(=O)C3(c4ccccc4)CCCC3)CC2)nc1Cl. The third-order valence-corrected chi connectivity index (χ3v) is 7.99. The Morgan fingerprint density at radius 2 is 1.77 bits per heavy atom. The summed E-state index contributed by atoms with van der Waals surface area (Å²) in [4.78, 5) is 33.6. The molecule has 0 bridgehead atoms. The van der Waals surface area contributed by atoms with E-state index in [0.717, 1.165) is 82.4 Å². The number of amides is 2. The van der Waals surface area contributed by atoms with Crippen LogP contribution < -0.4 is 10.2 Å². The van der Waals surface area contributed by atoms with Gasteiger partial charge in [0.05, 0.1) is 11.0 Å². The molecular weight excluding hydrogens is 460 g/mol. The number of carbonyl (C=O) groups is 2. The van der Waals surface area contributed by atoms with Crippen molar-refractivity contribution in [1.29, 1.82) is 0 Å². The summed E-state index contributed by atoms with van der Waals surface area (Å²) in [7, 11) is 3.41. The fourth-order valence-corrected chi connectivity index (χ4v) is 5.83. The van der Waals surface area contributed by atoms with Crippen LogP contribution in [0.5, 0.6) is 0 Å². The predicted molar refractivity (Wildman–Crippen MR) is 141 cm³/mol. The lowest BCUT2D eigenvalue weighted by molar-refractivity contribution is -0.126. The van der Waals surface area contributed by atoms with Crippen molar-refractivity contribution in [3.05, 3.63) is 58.7 Å². The summed E-state index contributed by atoms with van der Waals surface area (Å²) in [5.74, 6) is 1.55. The Morgan fingerprint density at radius 1 is 1.09 bits per heavy atom. The van der Waals surface area contributed by atoms with Crippen LogP contribution in [0.25, 0.3) is 0 Å². The van der Waals surface area contributed by atoms with Crippen LogP contribution in [0.4, 0.5) is 5.82 Å². The Balaban J connectivity index is 1.22. The van der Waals surface area contributed by atoms with Crippen molar-refractivity contribution in [2.75, 3.05) is 38.6 Å². The quantitative estimate of drug-likeness (QED) is 0.409. The number of carbonyl (C=O) groups excluding carboxylic acids is 2. The molecule has 1 aliphatic carbocycles. The standard InChI is InChI=1S/C28H37ClN4O2/c1-32(2)26(34)23-12-13-24(31-25(23)29)33-19-14-21(15-20-33)9-8-18-30-27(35)28(16-6-7-17-28)22-10-4-3-5-11-22/h3-5,10-13,21H,6-9,14-20H2,1-2H3,(H,30,35). The fourth-order valence-electron chi connectivity index (χ4n) is 5.60. The number of piperidine rings is 1. The Labute approximate surface area is 214 Å². The maximum absolute atomic E-state index is 13.2. The number of anilines is 1. The number of pyridine rings is 1. The zero-order valence-electron chi connectivity index (χ0n) is 20.9. The van der Waals surface area contributed by atoms with Gasteiger partial charge in [-0.3, -0.25) is 9.59 Å². The van der Waals surface area contributed by atoms with E-state index in [9.17, 15) is 9.59 Å². The van der Waals surface area contributed by atoms with Gasteiger partial charge in [0.15, 0.2) is 0 Å². The first kappa shape index (κ1) is 25.5. The molecule has 7 heteroatoms. The second-order valence-corrected chi connectivity index (χ2v) is 10.5. The van der Waals surface area contributed by atoms with Crippen molar-refractivity contribution in [3.63, 3.8) is 0 Å². The molecule has 0 radical (unpaired) electrons. The van der Waals surface area contributed by atoms with Gasteiger partial charge in [-0.05, 0) is 62.1 Å². The predicted octanol–water partition coefficient (Wildman–Crippen LogP) is 5.06. The van der Waals surface area contributed by atoms with Crippen molar-refractivity contribution in [3.8, 4) is 0 Å². The molecule has 0 atom stereocenters. The second-order valence-electron chi connectivity index (χ2n) is 10.2. The number of aromatic nitrogens is 1. The van der Waals surface area contributed by atoms with Gasteiger partial charge in [-0.15, -0.1) is 0 Å². The van der Waals surface area contributed by atoms with Crippen LogP contribution in [0, 0.1) is 5.92 Å². The van der Waals surface area contributed by atoms with E-state index in [4.69, 9.17) is 11.6 Å². The summed E-state index contributed by atoms with van der Waals surface area (Å²) >= 11 is 6.30. The van der Waals surface area contributed by atoms with Crippen LogP contribution in [-0.2, 0) is 10.2 Å². The molecule has 1 aromatic carbocycles. The highest BCUT2D eigenvalue weighted by atomic mass is 35.5. The summed E-state index contributed by atoms with van der Waals surface area (Å²) in [6.07, 6.45) is 8.46. The Morgan fingerprint density at radius 3 is 2.40 bits per heavy atom. The molecule has 0 spiro atoms. The number of benzene rings is 1. The van der Waals surface area contributed by atoms with E-state index >= 15 is 0 Å². The van der Waals surface area contributed by atoms with E-state index in [1.807, 2.05) is 24.3 Å². The molecule has 1 saturated heterocycles. The van der Waals surface area contributed by atoms with Gasteiger partial charge in [-0.2, -0.15) is 0 Å². The van der Waals surface area contributed by atoms with E-state index in [1.54, 1.807) is 20.2 Å². The summed E-state index contributed by atoms with van der Waals surface area (Å²) in [6.45, 7) is 2.60. The van der Waals surface area contributed by atoms with Crippen molar-refractivity contribution in [1.82, 2.24) is 15.2 Å². The topological polar surface area (TPSA) is 65.5 Å². The van der Waals surface area contributed by atoms with Crippen LogP contribution in [0.1, 0.15) is 67.3 Å². The third-order valence-electron chi connectivity index (χ3n) is 7.70. The lowest BCUT2D eigenvalue weighted by atomic mass is 9.78. The molecule has 1 aliphatic heterocycles. The molecular formula is C28H37ClN4O2. The highest BCUT2D eigenvalue weighted by molar-refractivity contribution is 6.32. The van der Waals surface area contributed by atoms with E-state index < -0.39 is 0 Å². The maximum Gasteiger partial charge on any atom is 0.256 e. The largest absolute Gasteiger partial charge is 0.357 e. The van der Waals surface area contributed by atoms with E-state index in [2.05, 4.69) is 27.3 Å². The summed E-state index contributed by atoms with van der Waals surface area (Å²) in [5.41, 5.74) is 1.26. The summed E-state index contributed by atoms with van der Waals surface area (Å²) in [5, 5.41) is 3.52. The molecule has 2 heterocycles. The summed E-state index contributed by atoms with van der Waals surface area (Å²) < 4.78 is 0.